The smallest absolute Gasteiger partial charge is 0.307 e. The van der Waals surface area contributed by atoms with Crippen LogP contribution in [-0.4, -0.2) is 88.0 Å². The molecule has 1 aliphatic carbocycles. The number of aromatic nitrogens is 5. The number of aromatic amines is 2. The van der Waals surface area contributed by atoms with Crippen LogP contribution in [-0.2, 0) is 4.74 Å². The van der Waals surface area contributed by atoms with Gasteiger partial charge in [-0.1, -0.05) is 4.98 Å². The van der Waals surface area contributed by atoms with Crippen LogP contribution in [0.5, 0.6) is 0 Å². The minimum absolute atomic E-state index is 0.281. The number of piperidine rings is 1. The molecule has 3 aliphatic rings. The highest BCUT2D eigenvalue weighted by atomic mass is 16.5. The Hall–Kier alpha value is -3.02. The van der Waals surface area contributed by atoms with Crippen molar-refractivity contribution in [3.05, 3.63) is 24.2 Å². The molecule has 0 amide bonds. The quantitative estimate of drug-likeness (QED) is 0.370. The molecule has 11 nitrogen and oxygen atoms in total. The van der Waals surface area contributed by atoms with Crippen molar-refractivity contribution >= 4 is 34.4 Å². The normalized spacial score (nSPS) is 23.6. The predicted octanol–water partition coefficient (Wildman–Crippen LogP) is 2.48. The Morgan fingerprint density at radius 1 is 1.03 bits per heavy atom. The van der Waals surface area contributed by atoms with E-state index in [0.717, 1.165) is 99.3 Å². The van der Waals surface area contributed by atoms with E-state index in [2.05, 4.69) is 47.5 Å². The molecular weight excluding hydrogens is 482 g/mol. The van der Waals surface area contributed by atoms with Crippen molar-refractivity contribution in [2.75, 3.05) is 61.5 Å². The monoisotopic (exact) mass is 522 g/mol. The number of morpholine rings is 1. The summed E-state index contributed by atoms with van der Waals surface area (Å²) in [5.41, 5.74) is 3.45. The first-order valence-electron chi connectivity index (χ1n) is 14.1. The topological polar surface area (TPSA) is 129 Å². The lowest BCUT2D eigenvalue weighted by Gasteiger charge is -2.40. The van der Waals surface area contributed by atoms with Crippen molar-refractivity contribution in [1.29, 1.82) is 0 Å². The second-order valence-electron chi connectivity index (χ2n) is 10.9. The first-order chi connectivity index (χ1) is 18.7. The minimum Gasteiger partial charge on any atom is -0.396 e. The first kappa shape index (κ1) is 25.3. The fraction of sp³-hybridized carbons (Fsp3) is 0.630. The summed E-state index contributed by atoms with van der Waals surface area (Å²) in [6.45, 7) is 8.20. The first-order valence-corrected chi connectivity index (χ1v) is 14.1. The lowest BCUT2D eigenvalue weighted by molar-refractivity contribution is -0.347. The highest BCUT2D eigenvalue weighted by molar-refractivity contribution is 5.82. The van der Waals surface area contributed by atoms with Gasteiger partial charge in [0.15, 0.2) is 12.1 Å². The van der Waals surface area contributed by atoms with E-state index in [-0.39, 0.29) is 6.61 Å². The van der Waals surface area contributed by atoms with Crippen molar-refractivity contribution in [3.8, 4) is 0 Å². The molecule has 5 heterocycles. The molecule has 204 valence electrons. The molecule has 3 aromatic rings. The summed E-state index contributed by atoms with van der Waals surface area (Å²) in [7, 11) is 0. The SMILES string of the molecule is Cc1nc(N2CCC(N3CCOCC3)CC2)ccc1Nc1nc(NC2CCC(CO)CC2)c2[nH]c[nH+]c2n1. The third-order valence-corrected chi connectivity index (χ3v) is 8.45. The van der Waals surface area contributed by atoms with Gasteiger partial charge in [0.2, 0.25) is 5.52 Å². The molecule has 0 aromatic carbocycles. The summed E-state index contributed by atoms with van der Waals surface area (Å²) in [4.78, 5) is 25.8. The fourth-order valence-electron chi connectivity index (χ4n) is 6.10. The third kappa shape index (κ3) is 5.55. The molecule has 0 atom stereocenters. The zero-order valence-corrected chi connectivity index (χ0v) is 22.2. The van der Waals surface area contributed by atoms with Gasteiger partial charge >= 0.3 is 11.6 Å². The Bertz CT molecular complexity index is 1210. The number of aliphatic hydroxyl groups is 1. The number of H-pyrrole nitrogens is 2. The number of ether oxygens (including phenoxy) is 1. The summed E-state index contributed by atoms with van der Waals surface area (Å²) in [6, 6.07) is 5.18. The maximum Gasteiger partial charge on any atom is 0.307 e. The van der Waals surface area contributed by atoms with Crippen molar-refractivity contribution in [1.82, 2.24) is 24.8 Å². The highest BCUT2D eigenvalue weighted by Crippen LogP contribution is 2.29. The average Bonchev–Trinajstić information content (AvgIpc) is 3.44. The molecule has 0 bridgehead atoms. The van der Waals surface area contributed by atoms with Crippen LogP contribution in [0.15, 0.2) is 18.5 Å². The van der Waals surface area contributed by atoms with E-state index in [9.17, 15) is 5.11 Å². The summed E-state index contributed by atoms with van der Waals surface area (Å²) < 4.78 is 5.52. The van der Waals surface area contributed by atoms with Gasteiger partial charge in [-0.05, 0) is 63.5 Å². The van der Waals surface area contributed by atoms with Gasteiger partial charge in [-0.2, -0.15) is 4.98 Å². The van der Waals surface area contributed by atoms with E-state index >= 15 is 0 Å². The number of nitrogens with zero attached hydrogens (tertiary/aromatic N) is 5. The lowest BCUT2D eigenvalue weighted by Crippen LogP contribution is -2.49. The highest BCUT2D eigenvalue weighted by Gasteiger charge is 2.27. The van der Waals surface area contributed by atoms with Crippen molar-refractivity contribution in [3.63, 3.8) is 0 Å². The van der Waals surface area contributed by atoms with Crippen LogP contribution in [0.4, 0.5) is 23.3 Å². The Kier molecular flexibility index (Phi) is 7.57. The standard InChI is InChI=1S/C27H39N9O2/c1-18-22(6-7-23(30-18)36-10-8-21(9-11-36)35-12-14-38-15-13-35)32-27-33-25-24(28-17-29-25)26(34-27)31-20-4-2-19(16-37)3-5-20/h6-7,17,19-21,37H,2-5,8-16H2,1H3,(H3,28,29,31,32,33,34)/p+1. The fourth-order valence-corrected chi connectivity index (χ4v) is 6.10. The zero-order valence-electron chi connectivity index (χ0n) is 22.2. The molecule has 0 unspecified atom stereocenters. The number of aryl methyl sites for hydroxylation is 1. The second-order valence-corrected chi connectivity index (χ2v) is 10.9. The molecule has 38 heavy (non-hydrogen) atoms. The van der Waals surface area contributed by atoms with Crippen molar-refractivity contribution in [2.24, 2.45) is 5.92 Å². The molecule has 0 spiro atoms. The number of nitrogens with one attached hydrogen (secondary N) is 4. The predicted molar refractivity (Wildman–Crippen MR) is 147 cm³/mol. The molecule has 5 N–H and O–H groups in total. The van der Waals surface area contributed by atoms with Gasteiger partial charge in [-0.3, -0.25) is 9.88 Å². The maximum atomic E-state index is 9.46. The Morgan fingerprint density at radius 3 is 2.55 bits per heavy atom. The zero-order chi connectivity index (χ0) is 25.9. The number of imidazole rings is 1. The van der Waals surface area contributed by atoms with Crippen LogP contribution in [0, 0.1) is 12.8 Å². The number of hydrogen-bond donors (Lipinski definition) is 4. The van der Waals surface area contributed by atoms with Gasteiger partial charge in [-0.15, -0.1) is 0 Å². The van der Waals surface area contributed by atoms with Crippen LogP contribution in [0.25, 0.3) is 11.2 Å². The van der Waals surface area contributed by atoms with Gasteiger partial charge in [0.1, 0.15) is 5.82 Å². The number of fused-ring (bicyclic) bond motifs is 1. The number of aliphatic hydroxyl groups excluding tert-OH is 1. The third-order valence-electron chi connectivity index (χ3n) is 8.45. The van der Waals surface area contributed by atoms with Gasteiger partial charge in [-0.25, -0.2) is 9.97 Å². The molecule has 1 saturated carbocycles. The van der Waals surface area contributed by atoms with Crippen LogP contribution in [0.2, 0.25) is 0 Å². The largest absolute Gasteiger partial charge is 0.396 e. The molecular formula is C27H40N9O2+. The number of hydrogen-bond acceptors (Lipinski definition) is 9. The van der Waals surface area contributed by atoms with Crippen LogP contribution in [0.3, 0.4) is 0 Å². The van der Waals surface area contributed by atoms with E-state index in [0.29, 0.717) is 23.9 Å². The number of rotatable bonds is 7. The van der Waals surface area contributed by atoms with E-state index in [1.54, 1.807) is 6.33 Å². The Balaban J connectivity index is 1.12. The minimum atomic E-state index is 0.281. The van der Waals surface area contributed by atoms with Crippen LogP contribution >= 0.6 is 0 Å². The molecule has 6 rings (SSSR count). The maximum absolute atomic E-state index is 9.46. The summed E-state index contributed by atoms with van der Waals surface area (Å²) in [5.74, 6) is 2.77. The van der Waals surface area contributed by atoms with E-state index < -0.39 is 0 Å². The molecule has 2 aliphatic heterocycles. The van der Waals surface area contributed by atoms with Crippen molar-refractivity contribution in [2.45, 2.75) is 57.5 Å². The van der Waals surface area contributed by atoms with Gasteiger partial charge < -0.3 is 25.4 Å². The summed E-state index contributed by atoms with van der Waals surface area (Å²) in [6.07, 6.45) is 8.23. The van der Waals surface area contributed by atoms with Crippen molar-refractivity contribution < 1.29 is 14.8 Å². The molecule has 2 saturated heterocycles. The summed E-state index contributed by atoms with van der Waals surface area (Å²) in [5, 5.41) is 16.5. The second kappa shape index (κ2) is 11.4. The van der Waals surface area contributed by atoms with E-state index in [1.807, 2.05) is 6.92 Å². The van der Waals surface area contributed by atoms with Gasteiger partial charge in [0.05, 0.1) is 24.6 Å². The van der Waals surface area contributed by atoms with E-state index in [1.165, 1.54) is 12.8 Å². The average molecular weight is 523 g/mol. The number of pyridine rings is 1. The molecule has 11 heteroatoms. The number of anilines is 4. The summed E-state index contributed by atoms with van der Waals surface area (Å²) >= 11 is 0. The molecule has 3 aromatic heterocycles. The van der Waals surface area contributed by atoms with Crippen LogP contribution in [0.1, 0.15) is 44.2 Å². The van der Waals surface area contributed by atoms with Gasteiger partial charge in [0, 0.05) is 44.9 Å². The van der Waals surface area contributed by atoms with Crippen LogP contribution < -0.4 is 20.5 Å². The Labute approximate surface area is 223 Å². The Morgan fingerprint density at radius 2 is 1.82 bits per heavy atom. The van der Waals surface area contributed by atoms with E-state index in [4.69, 9.17) is 14.7 Å². The lowest BCUT2D eigenvalue weighted by atomic mass is 9.86. The molecule has 0 radical (unpaired) electrons. The molecule has 3 fully saturated rings. The van der Waals surface area contributed by atoms with Gasteiger partial charge in [0.25, 0.3) is 0 Å².